The highest BCUT2D eigenvalue weighted by atomic mass is 19.4. The summed E-state index contributed by atoms with van der Waals surface area (Å²) in [6.07, 6.45) is -11.5. The molecule has 1 N–H and O–H groups in total. The number of carboxylic acid groups (broad SMARTS) is 1. The fourth-order valence-corrected chi connectivity index (χ4v) is 0.530. The Morgan fingerprint density at radius 2 is 1.47 bits per heavy atom. The number of halogens is 6. The third-order valence-corrected chi connectivity index (χ3v) is 1.57. The Morgan fingerprint density at radius 3 is 1.67 bits per heavy atom. The van der Waals surface area contributed by atoms with E-state index in [0.29, 0.717) is 0 Å². The van der Waals surface area contributed by atoms with Crippen molar-refractivity contribution in [2.75, 3.05) is 6.61 Å². The second kappa shape index (κ2) is 3.87. The predicted octanol–water partition coefficient (Wildman–Crippen LogP) is 1.97. The molecule has 0 amide bonds. The molecule has 0 spiro atoms. The van der Waals surface area contributed by atoms with Crippen molar-refractivity contribution >= 4 is 5.97 Å². The number of aliphatic carboxylic acids is 1. The fraction of sp³-hybridized carbons (Fsp3) is 0.833. The largest absolute Gasteiger partial charge is 0.480 e. The Kier molecular flexibility index (Phi) is 3.62. The van der Waals surface area contributed by atoms with Gasteiger partial charge in [-0.15, -0.1) is 0 Å². The van der Waals surface area contributed by atoms with Gasteiger partial charge in [0, 0.05) is 0 Å². The molecule has 90 valence electrons. The van der Waals surface area contributed by atoms with Crippen molar-refractivity contribution in [2.45, 2.75) is 24.9 Å². The number of hydrogen-bond acceptors (Lipinski definition) is 2. The number of carbonyl (C=O) groups is 1. The highest BCUT2D eigenvalue weighted by Gasteiger charge is 2.69. The van der Waals surface area contributed by atoms with Crippen molar-refractivity contribution in [2.24, 2.45) is 0 Å². The lowest BCUT2D eigenvalue weighted by atomic mass is 10.1. The highest BCUT2D eigenvalue weighted by molar-refractivity contribution is 5.68. The van der Waals surface area contributed by atoms with Gasteiger partial charge in [-0.2, -0.15) is 26.3 Å². The van der Waals surface area contributed by atoms with Crippen LogP contribution in [0.5, 0.6) is 0 Å². The summed E-state index contributed by atoms with van der Waals surface area (Å²) in [5.74, 6) is -1.92. The van der Waals surface area contributed by atoms with E-state index in [9.17, 15) is 31.1 Å². The normalized spacial score (nSPS) is 14.1. The number of ether oxygens (including phenoxy) is 1. The molecule has 3 nitrogen and oxygen atoms in total. The van der Waals surface area contributed by atoms with E-state index in [1.165, 1.54) is 0 Å². The SMILES string of the molecule is CC(OCC(=O)O)(C(F)(F)F)C(F)(F)F. The minimum atomic E-state index is -5.74. The van der Waals surface area contributed by atoms with Gasteiger partial charge in [0.15, 0.2) is 0 Å². The lowest BCUT2D eigenvalue weighted by molar-refractivity contribution is -0.372. The molecule has 0 aromatic heterocycles. The van der Waals surface area contributed by atoms with Crippen LogP contribution in [0.25, 0.3) is 0 Å². The zero-order chi connectivity index (χ0) is 12.5. The quantitative estimate of drug-likeness (QED) is 0.767. The van der Waals surface area contributed by atoms with E-state index in [1.54, 1.807) is 0 Å². The molecule has 9 heteroatoms. The van der Waals surface area contributed by atoms with Crippen molar-refractivity contribution in [3.8, 4) is 0 Å². The van der Waals surface area contributed by atoms with Crippen LogP contribution in [0.4, 0.5) is 26.3 Å². The molecular weight excluding hydrogens is 234 g/mol. The topological polar surface area (TPSA) is 46.5 Å². The summed E-state index contributed by atoms with van der Waals surface area (Å²) in [4.78, 5) is 9.84. The van der Waals surface area contributed by atoms with Gasteiger partial charge in [-0.25, -0.2) is 4.79 Å². The van der Waals surface area contributed by atoms with E-state index < -0.39 is 30.5 Å². The van der Waals surface area contributed by atoms with Gasteiger partial charge < -0.3 is 9.84 Å². The van der Waals surface area contributed by atoms with Crippen LogP contribution in [-0.2, 0) is 9.53 Å². The molecular formula is C6H6F6O3. The van der Waals surface area contributed by atoms with Gasteiger partial charge in [-0.1, -0.05) is 0 Å². The Hall–Kier alpha value is -0.990. The Bertz CT molecular complexity index is 228. The third kappa shape index (κ3) is 2.98. The molecule has 0 saturated heterocycles. The monoisotopic (exact) mass is 240 g/mol. The predicted molar refractivity (Wildman–Crippen MR) is 34.1 cm³/mol. The summed E-state index contributed by atoms with van der Waals surface area (Å²) in [5, 5.41) is 7.95. The van der Waals surface area contributed by atoms with Gasteiger partial charge >= 0.3 is 18.3 Å². The second-order valence-electron chi connectivity index (χ2n) is 2.71. The van der Waals surface area contributed by atoms with Gasteiger partial charge in [0.05, 0.1) is 0 Å². The number of hydrogen-bond donors (Lipinski definition) is 1. The van der Waals surface area contributed by atoms with E-state index in [1.807, 2.05) is 0 Å². The molecule has 0 bridgehead atoms. The van der Waals surface area contributed by atoms with Crippen LogP contribution in [0.15, 0.2) is 0 Å². The van der Waals surface area contributed by atoms with Crippen LogP contribution in [-0.4, -0.2) is 35.6 Å². The molecule has 0 atom stereocenters. The molecule has 0 aliphatic heterocycles. The smallest absolute Gasteiger partial charge is 0.426 e. The molecule has 0 unspecified atom stereocenters. The first-order valence-corrected chi connectivity index (χ1v) is 3.41. The van der Waals surface area contributed by atoms with Crippen LogP contribution in [0.1, 0.15) is 6.92 Å². The highest BCUT2D eigenvalue weighted by Crippen LogP contribution is 2.45. The first kappa shape index (κ1) is 14.0. The summed E-state index contributed by atoms with van der Waals surface area (Å²) in [5.41, 5.74) is -4.47. The molecule has 0 aromatic carbocycles. The van der Waals surface area contributed by atoms with Gasteiger partial charge in [0.1, 0.15) is 6.61 Å². The molecule has 0 heterocycles. The summed E-state index contributed by atoms with van der Waals surface area (Å²) in [6, 6.07) is 0. The molecule has 0 rings (SSSR count). The molecule has 0 aliphatic rings. The zero-order valence-electron chi connectivity index (χ0n) is 7.24. The average Bonchev–Trinajstić information content (AvgIpc) is 1.95. The van der Waals surface area contributed by atoms with E-state index in [2.05, 4.69) is 4.74 Å². The van der Waals surface area contributed by atoms with Crippen LogP contribution in [0.2, 0.25) is 0 Å². The molecule has 0 saturated carbocycles. The molecule has 0 aliphatic carbocycles. The zero-order valence-corrected chi connectivity index (χ0v) is 7.24. The average molecular weight is 240 g/mol. The first-order valence-electron chi connectivity index (χ1n) is 3.41. The van der Waals surface area contributed by atoms with Crippen molar-refractivity contribution in [1.29, 1.82) is 0 Å². The van der Waals surface area contributed by atoms with Gasteiger partial charge in [0.2, 0.25) is 0 Å². The first-order chi connectivity index (χ1) is 6.42. The summed E-state index contributed by atoms with van der Waals surface area (Å²) in [6.45, 7) is -1.95. The van der Waals surface area contributed by atoms with Crippen LogP contribution in [0, 0.1) is 0 Å². The van der Waals surface area contributed by atoms with Crippen molar-refractivity contribution in [3.05, 3.63) is 0 Å². The number of alkyl halides is 6. The maximum absolute atomic E-state index is 12.0. The van der Waals surface area contributed by atoms with Gasteiger partial charge in [-0.3, -0.25) is 0 Å². The summed E-state index contributed by atoms with van der Waals surface area (Å²) in [7, 11) is 0. The van der Waals surface area contributed by atoms with Crippen LogP contribution >= 0.6 is 0 Å². The Labute approximate surface area is 79.6 Å². The molecule has 0 fully saturated rings. The van der Waals surface area contributed by atoms with E-state index in [4.69, 9.17) is 5.11 Å². The lowest BCUT2D eigenvalue weighted by Gasteiger charge is -2.32. The Morgan fingerprint density at radius 1 is 1.13 bits per heavy atom. The minimum absolute atomic E-state index is 0.268. The van der Waals surface area contributed by atoms with Crippen LogP contribution < -0.4 is 0 Å². The maximum Gasteiger partial charge on any atom is 0.426 e. The summed E-state index contributed by atoms with van der Waals surface area (Å²) >= 11 is 0. The lowest BCUT2D eigenvalue weighted by Crippen LogP contribution is -2.57. The molecule has 15 heavy (non-hydrogen) atoms. The number of carboxylic acids is 1. The molecule has 0 radical (unpaired) electrons. The van der Waals surface area contributed by atoms with Crippen molar-refractivity contribution < 1.29 is 41.0 Å². The van der Waals surface area contributed by atoms with Crippen molar-refractivity contribution in [1.82, 2.24) is 0 Å². The maximum atomic E-state index is 12.0. The third-order valence-electron chi connectivity index (χ3n) is 1.57. The van der Waals surface area contributed by atoms with E-state index in [-0.39, 0.29) is 6.92 Å². The van der Waals surface area contributed by atoms with Crippen LogP contribution in [0.3, 0.4) is 0 Å². The van der Waals surface area contributed by atoms with Gasteiger partial charge in [0.25, 0.3) is 5.60 Å². The fourth-order valence-electron chi connectivity index (χ4n) is 0.530. The van der Waals surface area contributed by atoms with E-state index >= 15 is 0 Å². The Balaban J connectivity index is 4.98. The number of rotatable bonds is 3. The van der Waals surface area contributed by atoms with E-state index in [0.717, 1.165) is 0 Å². The standard InChI is InChI=1S/C6H6F6O3/c1-4(5(7,8)9,6(10,11)12)15-2-3(13)14/h2H2,1H3,(H,13,14). The second-order valence-corrected chi connectivity index (χ2v) is 2.71. The molecule has 0 aromatic rings. The van der Waals surface area contributed by atoms with Gasteiger partial charge in [-0.05, 0) is 6.92 Å². The summed E-state index contributed by atoms with van der Waals surface area (Å²) < 4.78 is 75.4. The minimum Gasteiger partial charge on any atom is -0.480 e. The van der Waals surface area contributed by atoms with Crippen molar-refractivity contribution in [3.63, 3.8) is 0 Å².